The van der Waals surface area contributed by atoms with Crippen LogP contribution in [-0.2, 0) is 11.3 Å². The van der Waals surface area contributed by atoms with Crippen LogP contribution >= 0.6 is 0 Å². The van der Waals surface area contributed by atoms with Crippen molar-refractivity contribution in [3.8, 4) is 17.2 Å². The molecule has 0 aliphatic rings. The number of nitrogens with zero attached hydrogens (tertiary/aromatic N) is 2. The number of hydrogen-bond donors (Lipinski definition) is 3. The third kappa shape index (κ3) is 6.54. The van der Waals surface area contributed by atoms with Crippen molar-refractivity contribution < 1.29 is 19.0 Å². The van der Waals surface area contributed by atoms with E-state index in [2.05, 4.69) is 25.9 Å². The molecule has 0 saturated heterocycles. The molecule has 1 heterocycles. The van der Waals surface area contributed by atoms with E-state index in [4.69, 9.17) is 14.2 Å². The number of anilines is 1. The number of carbonyl (C=O) groups is 1. The highest BCUT2D eigenvalue weighted by atomic mass is 16.5. The van der Waals surface area contributed by atoms with Crippen LogP contribution in [0.25, 0.3) is 0 Å². The van der Waals surface area contributed by atoms with Crippen LogP contribution in [0.4, 0.5) is 5.82 Å². The Balaban J connectivity index is 1.85. The van der Waals surface area contributed by atoms with Gasteiger partial charge < -0.3 is 30.2 Å². The highest BCUT2D eigenvalue weighted by Gasteiger charge is 2.13. The normalized spacial score (nSPS) is 10.9. The topological polar surface area (TPSA) is 106 Å². The first-order valence-electron chi connectivity index (χ1n) is 9.47. The Bertz CT molecular complexity index is 860. The number of guanidine groups is 1. The minimum atomic E-state index is -0.124. The van der Waals surface area contributed by atoms with Gasteiger partial charge in [0.05, 0.1) is 21.3 Å². The lowest BCUT2D eigenvalue weighted by atomic mass is 10.2. The monoisotopic (exact) mass is 415 g/mol. The number of aryl methyl sites for hydroxylation is 1. The number of benzene rings is 1. The number of pyridine rings is 1. The molecular weight excluding hydrogens is 386 g/mol. The predicted molar refractivity (Wildman–Crippen MR) is 117 cm³/mol. The molecule has 0 radical (unpaired) electrons. The maximum atomic E-state index is 12.1. The second-order valence-corrected chi connectivity index (χ2v) is 6.35. The van der Waals surface area contributed by atoms with E-state index in [1.165, 1.54) is 0 Å². The summed E-state index contributed by atoms with van der Waals surface area (Å²) in [7, 11) is 6.38. The predicted octanol–water partition coefficient (Wildman–Crippen LogP) is 2.11. The summed E-state index contributed by atoms with van der Waals surface area (Å²) in [5, 5.41) is 9.10. The van der Waals surface area contributed by atoms with Gasteiger partial charge in [0.25, 0.3) is 0 Å². The van der Waals surface area contributed by atoms with Crippen molar-refractivity contribution in [2.24, 2.45) is 4.99 Å². The van der Waals surface area contributed by atoms with E-state index in [1.807, 2.05) is 31.2 Å². The first-order valence-corrected chi connectivity index (χ1v) is 9.47. The van der Waals surface area contributed by atoms with Gasteiger partial charge in [-0.3, -0.25) is 9.79 Å². The second kappa shape index (κ2) is 11.5. The fourth-order valence-electron chi connectivity index (χ4n) is 2.76. The molecule has 2 aromatic rings. The number of hydrogen-bond acceptors (Lipinski definition) is 6. The van der Waals surface area contributed by atoms with Crippen LogP contribution in [0, 0.1) is 6.92 Å². The summed E-state index contributed by atoms with van der Waals surface area (Å²) in [6, 6.07) is 9.22. The van der Waals surface area contributed by atoms with Gasteiger partial charge in [-0.15, -0.1) is 0 Å². The maximum absolute atomic E-state index is 12.1. The molecule has 1 amide bonds. The Morgan fingerprint density at radius 3 is 2.33 bits per heavy atom. The van der Waals surface area contributed by atoms with Gasteiger partial charge in [-0.1, -0.05) is 6.07 Å². The first-order chi connectivity index (χ1) is 14.5. The Morgan fingerprint density at radius 1 is 1.07 bits per heavy atom. The number of methoxy groups -OCH3 is 3. The van der Waals surface area contributed by atoms with Gasteiger partial charge >= 0.3 is 0 Å². The van der Waals surface area contributed by atoms with E-state index in [0.29, 0.717) is 42.1 Å². The maximum Gasteiger partial charge on any atom is 0.227 e. The highest BCUT2D eigenvalue weighted by molar-refractivity contribution is 5.90. The number of amides is 1. The van der Waals surface area contributed by atoms with Crippen molar-refractivity contribution in [1.29, 1.82) is 0 Å². The molecule has 30 heavy (non-hydrogen) atoms. The fraction of sp³-hybridized carbons (Fsp3) is 0.381. The number of ether oxygens (including phenoxy) is 3. The minimum absolute atomic E-state index is 0.124. The number of rotatable bonds is 9. The fourth-order valence-corrected chi connectivity index (χ4v) is 2.76. The molecule has 1 aromatic heterocycles. The Morgan fingerprint density at radius 2 is 1.77 bits per heavy atom. The third-order valence-corrected chi connectivity index (χ3v) is 4.21. The second-order valence-electron chi connectivity index (χ2n) is 6.35. The van der Waals surface area contributed by atoms with E-state index in [1.54, 1.807) is 34.4 Å². The standard InChI is InChI=1S/C21H29N5O4/c1-14-7-6-8-18(25-14)26-19(27)9-10-23-21(22-2)24-13-15-11-16(28-3)20(30-5)17(12-15)29-4/h6-8,11-12H,9-10,13H2,1-5H3,(H2,22,23,24)(H,25,26,27). The van der Waals surface area contributed by atoms with Gasteiger partial charge in [-0.25, -0.2) is 4.98 Å². The average Bonchev–Trinajstić information content (AvgIpc) is 2.75. The summed E-state index contributed by atoms with van der Waals surface area (Å²) in [4.78, 5) is 20.5. The van der Waals surface area contributed by atoms with Crippen LogP contribution in [0.5, 0.6) is 17.2 Å². The number of aliphatic imine (C=N–C) groups is 1. The van der Waals surface area contributed by atoms with Crippen LogP contribution in [-0.4, -0.2) is 51.8 Å². The van der Waals surface area contributed by atoms with Gasteiger partial charge in [-0.05, 0) is 36.8 Å². The molecule has 0 unspecified atom stereocenters. The lowest BCUT2D eigenvalue weighted by Crippen LogP contribution is -2.38. The highest BCUT2D eigenvalue weighted by Crippen LogP contribution is 2.38. The molecule has 0 saturated carbocycles. The lowest BCUT2D eigenvalue weighted by molar-refractivity contribution is -0.116. The molecule has 9 heteroatoms. The smallest absolute Gasteiger partial charge is 0.227 e. The molecule has 0 bridgehead atoms. The van der Waals surface area contributed by atoms with E-state index < -0.39 is 0 Å². The molecule has 0 spiro atoms. The van der Waals surface area contributed by atoms with Gasteiger partial charge in [-0.2, -0.15) is 0 Å². The van der Waals surface area contributed by atoms with Crippen molar-refractivity contribution in [2.45, 2.75) is 19.9 Å². The molecular formula is C21H29N5O4. The summed E-state index contributed by atoms with van der Waals surface area (Å²) >= 11 is 0. The summed E-state index contributed by atoms with van der Waals surface area (Å²) < 4.78 is 16.1. The zero-order chi connectivity index (χ0) is 21.9. The van der Waals surface area contributed by atoms with Crippen molar-refractivity contribution in [3.63, 3.8) is 0 Å². The molecule has 0 aliphatic heterocycles. The minimum Gasteiger partial charge on any atom is -0.493 e. The summed E-state index contributed by atoms with van der Waals surface area (Å²) in [5.74, 6) is 2.70. The molecule has 3 N–H and O–H groups in total. The molecule has 1 aromatic carbocycles. The van der Waals surface area contributed by atoms with Crippen LogP contribution in [0.3, 0.4) is 0 Å². The van der Waals surface area contributed by atoms with Gasteiger partial charge in [0.15, 0.2) is 17.5 Å². The number of carbonyl (C=O) groups excluding carboxylic acids is 1. The Labute approximate surface area is 176 Å². The lowest BCUT2D eigenvalue weighted by Gasteiger charge is -2.16. The number of nitrogens with one attached hydrogen (secondary N) is 3. The van der Waals surface area contributed by atoms with E-state index in [-0.39, 0.29) is 12.3 Å². The van der Waals surface area contributed by atoms with Gasteiger partial charge in [0, 0.05) is 32.3 Å². The Hall–Kier alpha value is -3.49. The van der Waals surface area contributed by atoms with Crippen molar-refractivity contribution >= 4 is 17.7 Å². The molecule has 162 valence electrons. The van der Waals surface area contributed by atoms with Crippen molar-refractivity contribution in [1.82, 2.24) is 15.6 Å². The zero-order valence-electron chi connectivity index (χ0n) is 18.0. The van der Waals surface area contributed by atoms with Crippen LogP contribution in [0.2, 0.25) is 0 Å². The first kappa shape index (κ1) is 22.8. The molecule has 0 atom stereocenters. The Kier molecular flexibility index (Phi) is 8.74. The van der Waals surface area contributed by atoms with Crippen LogP contribution in [0.1, 0.15) is 17.7 Å². The summed E-state index contributed by atoms with van der Waals surface area (Å²) in [5.41, 5.74) is 1.78. The van der Waals surface area contributed by atoms with Crippen molar-refractivity contribution in [3.05, 3.63) is 41.6 Å². The SMILES string of the molecule is CN=C(NCCC(=O)Nc1cccc(C)n1)NCc1cc(OC)c(OC)c(OC)c1. The zero-order valence-corrected chi connectivity index (χ0v) is 18.0. The molecule has 9 nitrogen and oxygen atoms in total. The summed E-state index contributed by atoms with van der Waals surface area (Å²) in [6.07, 6.45) is 0.278. The van der Waals surface area contributed by atoms with Gasteiger partial charge in [0.1, 0.15) is 5.82 Å². The molecule has 0 aliphatic carbocycles. The molecule has 0 fully saturated rings. The van der Waals surface area contributed by atoms with Gasteiger partial charge in [0.2, 0.25) is 11.7 Å². The quantitative estimate of drug-likeness (QED) is 0.425. The van der Waals surface area contributed by atoms with Crippen LogP contribution < -0.4 is 30.2 Å². The van der Waals surface area contributed by atoms with E-state index >= 15 is 0 Å². The van der Waals surface area contributed by atoms with E-state index in [0.717, 1.165) is 11.3 Å². The average molecular weight is 415 g/mol. The summed E-state index contributed by atoms with van der Waals surface area (Å²) in [6.45, 7) is 2.78. The van der Waals surface area contributed by atoms with E-state index in [9.17, 15) is 4.79 Å². The third-order valence-electron chi connectivity index (χ3n) is 4.21. The number of aromatic nitrogens is 1. The largest absolute Gasteiger partial charge is 0.493 e. The van der Waals surface area contributed by atoms with Crippen LogP contribution in [0.15, 0.2) is 35.3 Å². The molecule has 2 rings (SSSR count). The van der Waals surface area contributed by atoms with Crippen molar-refractivity contribution in [2.75, 3.05) is 40.2 Å².